The van der Waals surface area contributed by atoms with E-state index < -0.39 is 19.9 Å². The Kier molecular flexibility index (Phi) is 9.84. The van der Waals surface area contributed by atoms with Gasteiger partial charge in [-0.3, -0.25) is 4.52 Å². The molecule has 0 rings (SSSR count). The average molecular weight is 354 g/mol. The summed E-state index contributed by atoms with van der Waals surface area (Å²) in [5.41, 5.74) is 0.371. The molecule has 8 nitrogen and oxygen atoms in total. The average Bonchev–Trinajstić information content (AvgIpc) is 2.39. The molecule has 136 valence electrons. The molecule has 0 aliphatic rings. The van der Waals surface area contributed by atoms with Crippen molar-refractivity contribution in [2.45, 2.75) is 25.9 Å². The fourth-order valence-corrected chi connectivity index (χ4v) is 2.49. The molecule has 0 saturated carbocycles. The molecule has 0 aromatic rings. The Morgan fingerprint density at radius 1 is 1.30 bits per heavy atom. The molecule has 0 bridgehead atoms. The van der Waals surface area contributed by atoms with Crippen LogP contribution in [0.4, 0.5) is 0 Å². The zero-order valence-electron chi connectivity index (χ0n) is 14.4. The van der Waals surface area contributed by atoms with Gasteiger partial charge >= 0.3 is 13.8 Å². The summed E-state index contributed by atoms with van der Waals surface area (Å²) in [6, 6.07) is 0. The van der Waals surface area contributed by atoms with E-state index in [2.05, 4.69) is 6.58 Å². The molecule has 0 heterocycles. The highest BCUT2D eigenvalue weighted by atomic mass is 31.2. The van der Waals surface area contributed by atoms with E-state index in [1.54, 1.807) is 6.92 Å². The van der Waals surface area contributed by atoms with Gasteiger partial charge in [-0.25, -0.2) is 9.36 Å². The number of phosphoric ester groups is 1. The molecule has 0 spiro atoms. The SMILES string of the molecule is C=C(C)C(=O)OCCC[N+](C)(C)CCC(COC)OP(=O)(O)O. The maximum atomic E-state index is 11.3. The number of carbonyl (C=O) groups excluding carboxylic acids is 1. The summed E-state index contributed by atoms with van der Waals surface area (Å²) in [6.45, 7) is 6.92. The van der Waals surface area contributed by atoms with E-state index in [-0.39, 0.29) is 6.61 Å². The number of rotatable bonds is 12. The minimum atomic E-state index is -4.53. The second-order valence-electron chi connectivity index (χ2n) is 6.11. The van der Waals surface area contributed by atoms with Crippen LogP contribution in [0, 0.1) is 0 Å². The van der Waals surface area contributed by atoms with Crippen molar-refractivity contribution < 1.29 is 37.6 Å². The fraction of sp³-hybridized carbons (Fsp3) is 0.786. The van der Waals surface area contributed by atoms with Gasteiger partial charge in [0.2, 0.25) is 0 Å². The Balaban J connectivity index is 4.20. The lowest BCUT2D eigenvalue weighted by Crippen LogP contribution is -2.43. The molecule has 2 N–H and O–H groups in total. The molecule has 1 atom stereocenters. The van der Waals surface area contributed by atoms with Crippen LogP contribution in [0.5, 0.6) is 0 Å². The topological polar surface area (TPSA) is 102 Å². The third kappa shape index (κ3) is 12.3. The van der Waals surface area contributed by atoms with Crippen LogP contribution in [-0.2, 0) is 23.4 Å². The van der Waals surface area contributed by atoms with E-state index in [0.29, 0.717) is 36.0 Å². The highest BCUT2D eigenvalue weighted by Gasteiger charge is 2.25. The first kappa shape index (κ1) is 22.2. The fourth-order valence-electron chi connectivity index (χ4n) is 1.93. The van der Waals surface area contributed by atoms with Crippen LogP contribution < -0.4 is 0 Å². The Bertz CT molecular complexity index is 433. The summed E-state index contributed by atoms with van der Waals surface area (Å²) in [6.07, 6.45) is 0.456. The predicted octanol–water partition coefficient (Wildman–Crippen LogP) is 1.09. The molecule has 0 aromatic heterocycles. The van der Waals surface area contributed by atoms with E-state index in [4.69, 9.17) is 23.8 Å². The standard InChI is InChI=1S/C14H28NO7P/c1-12(2)14(16)21-10-6-8-15(3,4)9-7-13(11-20-5)22-23(17,18)19/h13H,1,6-11H2,2-5H3,(H-,17,18,19)/p+1. The highest BCUT2D eigenvalue weighted by Crippen LogP contribution is 2.38. The van der Waals surface area contributed by atoms with Gasteiger partial charge in [0.05, 0.1) is 46.5 Å². The maximum Gasteiger partial charge on any atom is 0.469 e. The number of phosphoric acid groups is 1. The summed E-state index contributed by atoms with van der Waals surface area (Å²) in [4.78, 5) is 29.0. The number of quaternary nitrogens is 1. The maximum absolute atomic E-state index is 11.3. The van der Waals surface area contributed by atoms with E-state index in [0.717, 1.165) is 6.54 Å². The van der Waals surface area contributed by atoms with Gasteiger partial charge in [0.1, 0.15) is 0 Å². The van der Waals surface area contributed by atoms with Crippen LogP contribution in [0.2, 0.25) is 0 Å². The summed E-state index contributed by atoms with van der Waals surface area (Å²) >= 11 is 0. The molecule has 0 aliphatic carbocycles. The summed E-state index contributed by atoms with van der Waals surface area (Å²) in [5, 5.41) is 0. The van der Waals surface area contributed by atoms with Crippen LogP contribution >= 0.6 is 7.82 Å². The highest BCUT2D eigenvalue weighted by molar-refractivity contribution is 7.46. The number of hydrogen-bond donors (Lipinski definition) is 2. The number of nitrogens with zero attached hydrogens (tertiary/aromatic N) is 1. The van der Waals surface area contributed by atoms with Gasteiger partial charge in [-0.1, -0.05) is 6.58 Å². The van der Waals surface area contributed by atoms with E-state index >= 15 is 0 Å². The number of esters is 1. The number of carbonyl (C=O) groups is 1. The third-order valence-electron chi connectivity index (χ3n) is 3.18. The zero-order valence-corrected chi connectivity index (χ0v) is 15.3. The lowest BCUT2D eigenvalue weighted by atomic mass is 10.2. The Morgan fingerprint density at radius 2 is 1.91 bits per heavy atom. The molecule has 0 fully saturated rings. The molecule has 1 unspecified atom stereocenters. The van der Waals surface area contributed by atoms with Crippen molar-refractivity contribution >= 4 is 13.8 Å². The van der Waals surface area contributed by atoms with Crippen molar-refractivity contribution in [1.29, 1.82) is 0 Å². The first-order valence-electron chi connectivity index (χ1n) is 7.34. The second-order valence-corrected chi connectivity index (χ2v) is 7.31. The van der Waals surface area contributed by atoms with Crippen molar-refractivity contribution in [2.75, 3.05) is 47.5 Å². The van der Waals surface area contributed by atoms with Gasteiger partial charge in [0.25, 0.3) is 0 Å². The lowest BCUT2D eigenvalue weighted by molar-refractivity contribution is -0.891. The van der Waals surface area contributed by atoms with Crippen LogP contribution in [0.3, 0.4) is 0 Å². The van der Waals surface area contributed by atoms with Crippen molar-refractivity contribution in [1.82, 2.24) is 0 Å². The predicted molar refractivity (Wildman–Crippen MR) is 85.6 cm³/mol. The number of hydrogen-bond acceptors (Lipinski definition) is 5. The largest absolute Gasteiger partial charge is 0.469 e. The first-order valence-corrected chi connectivity index (χ1v) is 8.87. The zero-order chi connectivity index (χ0) is 18.1. The van der Waals surface area contributed by atoms with Gasteiger partial charge in [-0.15, -0.1) is 0 Å². The first-order chi connectivity index (χ1) is 10.5. The van der Waals surface area contributed by atoms with Crippen molar-refractivity contribution in [2.24, 2.45) is 0 Å². The van der Waals surface area contributed by atoms with Crippen molar-refractivity contribution in [3.05, 3.63) is 12.2 Å². The monoisotopic (exact) mass is 354 g/mol. The Hall–Kier alpha value is -0.760. The number of methoxy groups -OCH3 is 1. The minimum absolute atomic E-state index is 0.112. The molecule has 23 heavy (non-hydrogen) atoms. The summed E-state index contributed by atoms with van der Waals surface area (Å²) in [5.74, 6) is -0.398. The Morgan fingerprint density at radius 3 is 2.39 bits per heavy atom. The van der Waals surface area contributed by atoms with E-state index in [1.165, 1.54) is 7.11 Å². The number of ether oxygens (including phenoxy) is 2. The molecule has 0 aliphatic heterocycles. The van der Waals surface area contributed by atoms with Crippen LogP contribution in [0.15, 0.2) is 12.2 Å². The molecule has 0 aromatic carbocycles. The molecular weight excluding hydrogens is 325 g/mol. The minimum Gasteiger partial charge on any atom is -0.462 e. The van der Waals surface area contributed by atoms with Crippen molar-refractivity contribution in [3.63, 3.8) is 0 Å². The van der Waals surface area contributed by atoms with Crippen molar-refractivity contribution in [3.8, 4) is 0 Å². The van der Waals surface area contributed by atoms with Crippen LogP contribution in [0.25, 0.3) is 0 Å². The normalized spacial score (nSPS) is 13.7. The van der Waals surface area contributed by atoms with Crippen LogP contribution in [0.1, 0.15) is 19.8 Å². The lowest BCUT2D eigenvalue weighted by Gasteiger charge is -2.31. The van der Waals surface area contributed by atoms with E-state index in [9.17, 15) is 9.36 Å². The molecule has 0 amide bonds. The summed E-state index contributed by atoms with van der Waals surface area (Å²) in [7, 11) is 0.894. The van der Waals surface area contributed by atoms with Crippen LogP contribution in [-0.4, -0.2) is 73.9 Å². The molecule has 9 heteroatoms. The van der Waals surface area contributed by atoms with Gasteiger partial charge in [0, 0.05) is 25.5 Å². The van der Waals surface area contributed by atoms with E-state index in [1.807, 2.05) is 14.1 Å². The van der Waals surface area contributed by atoms with Gasteiger partial charge in [-0.05, 0) is 6.92 Å². The third-order valence-corrected chi connectivity index (χ3v) is 3.76. The quantitative estimate of drug-likeness (QED) is 0.178. The molecular formula is C14H29NO7P+. The van der Waals surface area contributed by atoms with Gasteiger partial charge in [-0.2, -0.15) is 0 Å². The summed E-state index contributed by atoms with van der Waals surface area (Å²) < 4.78 is 26.2. The van der Waals surface area contributed by atoms with Gasteiger partial charge < -0.3 is 23.7 Å². The smallest absolute Gasteiger partial charge is 0.462 e. The molecule has 0 saturated heterocycles. The Labute approximate surface area is 137 Å². The molecule has 0 radical (unpaired) electrons. The second kappa shape index (κ2) is 10.2. The van der Waals surface area contributed by atoms with Gasteiger partial charge in [0.15, 0.2) is 0 Å².